The standard InChI is InChI=1S/C13H16F2O2/c1-9-7-12(15)10(8-11(9)14)5-3-2-4-6-13(16)17/h7-8H,2-6H2,1H3,(H,16,17). The van der Waals surface area contributed by atoms with E-state index >= 15 is 0 Å². The van der Waals surface area contributed by atoms with Gasteiger partial charge in [0.1, 0.15) is 11.6 Å². The first-order valence-corrected chi connectivity index (χ1v) is 5.67. The average molecular weight is 242 g/mol. The summed E-state index contributed by atoms with van der Waals surface area (Å²) < 4.78 is 26.6. The molecule has 0 aliphatic carbocycles. The Morgan fingerprint density at radius 2 is 1.88 bits per heavy atom. The Balaban J connectivity index is 2.41. The molecule has 0 saturated heterocycles. The van der Waals surface area contributed by atoms with Crippen molar-refractivity contribution in [2.45, 2.75) is 39.0 Å². The molecule has 0 bridgehead atoms. The fourth-order valence-electron chi connectivity index (χ4n) is 1.65. The van der Waals surface area contributed by atoms with Gasteiger partial charge in [0.2, 0.25) is 0 Å². The highest BCUT2D eigenvalue weighted by atomic mass is 19.1. The molecule has 0 heterocycles. The van der Waals surface area contributed by atoms with Crippen LogP contribution in [0.15, 0.2) is 12.1 Å². The van der Waals surface area contributed by atoms with Gasteiger partial charge in [-0.3, -0.25) is 4.79 Å². The molecule has 0 atom stereocenters. The van der Waals surface area contributed by atoms with Crippen LogP contribution in [0, 0.1) is 18.6 Å². The smallest absolute Gasteiger partial charge is 0.303 e. The molecule has 0 aliphatic rings. The van der Waals surface area contributed by atoms with E-state index in [0.717, 1.165) is 0 Å². The number of unbranched alkanes of at least 4 members (excludes halogenated alkanes) is 2. The highest BCUT2D eigenvalue weighted by Crippen LogP contribution is 2.16. The van der Waals surface area contributed by atoms with Crippen LogP contribution in [0.5, 0.6) is 0 Å². The summed E-state index contributed by atoms with van der Waals surface area (Å²) >= 11 is 0. The van der Waals surface area contributed by atoms with Gasteiger partial charge in [-0.2, -0.15) is 0 Å². The van der Waals surface area contributed by atoms with E-state index in [1.54, 1.807) is 0 Å². The van der Waals surface area contributed by atoms with E-state index in [-0.39, 0.29) is 12.2 Å². The molecule has 4 heteroatoms. The summed E-state index contributed by atoms with van der Waals surface area (Å²) in [6, 6.07) is 2.42. The maximum Gasteiger partial charge on any atom is 0.303 e. The molecule has 0 fully saturated rings. The van der Waals surface area contributed by atoms with Crippen molar-refractivity contribution in [3.8, 4) is 0 Å². The highest BCUT2D eigenvalue weighted by molar-refractivity contribution is 5.66. The van der Waals surface area contributed by atoms with E-state index in [0.29, 0.717) is 36.8 Å². The zero-order chi connectivity index (χ0) is 12.8. The fourth-order valence-corrected chi connectivity index (χ4v) is 1.65. The highest BCUT2D eigenvalue weighted by Gasteiger charge is 2.07. The molecule has 17 heavy (non-hydrogen) atoms. The van der Waals surface area contributed by atoms with Crippen molar-refractivity contribution in [1.29, 1.82) is 0 Å². The lowest BCUT2D eigenvalue weighted by molar-refractivity contribution is -0.137. The minimum atomic E-state index is -0.822. The van der Waals surface area contributed by atoms with Crippen LogP contribution in [0.2, 0.25) is 0 Å². The molecule has 0 saturated carbocycles. The summed E-state index contributed by atoms with van der Waals surface area (Å²) in [5, 5.41) is 8.43. The van der Waals surface area contributed by atoms with Crippen molar-refractivity contribution in [2.75, 3.05) is 0 Å². The second kappa shape index (κ2) is 6.33. The van der Waals surface area contributed by atoms with E-state index in [1.165, 1.54) is 19.1 Å². The molecule has 0 amide bonds. The number of aliphatic carboxylic acids is 1. The Hall–Kier alpha value is -1.45. The van der Waals surface area contributed by atoms with Crippen LogP contribution in [0.25, 0.3) is 0 Å². The van der Waals surface area contributed by atoms with Crippen LogP contribution in [0.4, 0.5) is 8.78 Å². The van der Waals surface area contributed by atoms with Gasteiger partial charge in [-0.25, -0.2) is 8.78 Å². The molecule has 94 valence electrons. The van der Waals surface area contributed by atoms with Crippen LogP contribution < -0.4 is 0 Å². The van der Waals surface area contributed by atoms with Gasteiger partial charge in [0.25, 0.3) is 0 Å². The summed E-state index contributed by atoms with van der Waals surface area (Å²) in [5.74, 6) is -1.60. The Bertz CT molecular complexity index is 403. The van der Waals surface area contributed by atoms with Gasteiger partial charge in [-0.15, -0.1) is 0 Å². The number of rotatable bonds is 6. The molecule has 0 aromatic heterocycles. The average Bonchev–Trinajstić information content (AvgIpc) is 2.24. The third-order valence-corrected chi connectivity index (χ3v) is 2.66. The first-order valence-electron chi connectivity index (χ1n) is 5.67. The second-order valence-corrected chi connectivity index (χ2v) is 4.15. The largest absolute Gasteiger partial charge is 0.481 e. The molecule has 0 radical (unpaired) electrons. The van der Waals surface area contributed by atoms with Gasteiger partial charge >= 0.3 is 5.97 Å². The summed E-state index contributed by atoms with van der Waals surface area (Å²) in [5.41, 5.74) is 0.667. The predicted octanol–water partition coefficient (Wildman–Crippen LogP) is 3.46. The number of carboxylic acids is 1. The van der Waals surface area contributed by atoms with Gasteiger partial charge in [0.15, 0.2) is 0 Å². The molecule has 1 N–H and O–H groups in total. The third kappa shape index (κ3) is 4.51. The van der Waals surface area contributed by atoms with Gasteiger partial charge < -0.3 is 5.11 Å². The zero-order valence-electron chi connectivity index (χ0n) is 9.80. The Morgan fingerprint density at radius 3 is 2.53 bits per heavy atom. The summed E-state index contributed by atoms with van der Waals surface area (Å²) in [6.07, 6.45) is 2.53. The normalized spacial score (nSPS) is 10.5. The number of hydrogen-bond acceptors (Lipinski definition) is 1. The quantitative estimate of drug-likeness (QED) is 0.775. The molecule has 1 rings (SSSR count). The Labute approximate surface area is 99.3 Å². The van der Waals surface area contributed by atoms with Crippen molar-refractivity contribution >= 4 is 5.97 Å². The van der Waals surface area contributed by atoms with E-state index in [4.69, 9.17) is 5.11 Å². The van der Waals surface area contributed by atoms with Crippen LogP contribution in [0.3, 0.4) is 0 Å². The number of carbonyl (C=O) groups is 1. The molecule has 1 aromatic rings. The summed E-state index contributed by atoms with van der Waals surface area (Å²) in [7, 11) is 0. The maximum absolute atomic E-state index is 13.4. The number of hydrogen-bond donors (Lipinski definition) is 1. The first-order chi connectivity index (χ1) is 8.00. The summed E-state index contributed by atoms with van der Waals surface area (Å²) in [4.78, 5) is 10.3. The molecular formula is C13H16F2O2. The lowest BCUT2D eigenvalue weighted by Gasteiger charge is -2.05. The van der Waals surface area contributed by atoms with E-state index in [1.807, 2.05) is 0 Å². The van der Waals surface area contributed by atoms with Gasteiger partial charge in [-0.05, 0) is 49.4 Å². The van der Waals surface area contributed by atoms with Crippen molar-refractivity contribution in [3.63, 3.8) is 0 Å². The zero-order valence-corrected chi connectivity index (χ0v) is 9.80. The maximum atomic E-state index is 13.4. The number of carboxylic acid groups (broad SMARTS) is 1. The van der Waals surface area contributed by atoms with Crippen LogP contribution >= 0.6 is 0 Å². The topological polar surface area (TPSA) is 37.3 Å². The van der Waals surface area contributed by atoms with Gasteiger partial charge in [0.05, 0.1) is 0 Å². The minimum absolute atomic E-state index is 0.130. The number of aryl methyl sites for hydroxylation is 2. The van der Waals surface area contributed by atoms with Crippen molar-refractivity contribution in [2.24, 2.45) is 0 Å². The van der Waals surface area contributed by atoms with Crippen LogP contribution in [-0.4, -0.2) is 11.1 Å². The lowest BCUT2D eigenvalue weighted by atomic mass is 10.0. The first kappa shape index (κ1) is 13.6. The lowest BCUT2D eigenvalue weighted by Crippen LogP contribution is -1.97. The Kier molecular flexibility index (Phi) is 5.07. The summed E-state index contributed by atoms with van der Waals surface area (Å²) in [6.45, 7) is 1.52. The molecule has 0 spiro atoms. The van der Waals surface area contributed by atoms with E-state index in [2.05, 4.69) is 0 Å². The predicted molar refractivity (Wildman–Crippen MR) is 60.9 cm³/mol. The van der Waals surface area contributed by atoms with Crippen LogP contribution in [-0.2, 0) is 11.2 Å². The van der Waals surface area contributed by atoms with E-state index in [9.17, 15) is 13.6 Å². The Morgan fingerprint density at radius 1 is 1.18 bits per heavy atom. The third-order valence-electron chi connectivity index (χ3n) is 2.66. The fraction of sp³-hybridized carbons (Fsp3) is 0.462. The number of benzene rings is 1. The second-order valence-electron chi connectivity index (χ2n) is 4.15. The number of halogens is 2. The SMILES string of the molecule is Cc1cc(F)c(CCCCCC(=O)O)cc1F. The molecule has 2 nitrogen and oxygen atoms in total. The minimum Gasteiger partial charge on any atom is -0.481 e. The monoisotopic (exact) mass is 242 g/mol. The van der Waals surface area contributed by atoms with Crippen molar-refractivity contribution < 1.29 is 18.7 Å². The van der Waals surface area contributed by atoms with E-state index < -0.39 is 11.8 Å². The van der Waals surface area contributed by atoms with Crippen LogP contribution in [0.1, 0.15) is 36.8 Å². The molecule has 0 aliphatic heterocycles. The molecule has 1 aromatic carbocycles. The molecule has 0 unspecified atom stereocenters. The van der Waals surface area contributed by atoms with Crippen molar-refractivity contribution in [3.05, 3.63) is 34.9 Å². The van der Waals surface area contributed by atoms with Gasteiger partial charge in [-0.1, -0.05) is 6.42 Å². The van der Waals surface area contributed by atoms with Gasteiger partial charge in [0, 0.05) is 6.42 Å². The molecular weight excluding hydrogens is 226 g/mol. The van der Waals surface area contributed by atoms with Crippen molar-refractivity contribution in [1.82, 2.24) is 0 Å².